The lowest BCUT2D eigenvalue weighted by Crippen LogP contribution is -2.23. The number of nitrogens with one attached hydrogen (secondary N) is 3. The van der Waals surface area contributed by atoms with Crippen LogP contribution in [0.3, 0.4) is 0 Å². The summed E-state index contributed by atoms with van der Waals surface area (Å²) < 4.78 is 31.8. The third-order valence-corrected chi connectivity index (χ3v) is 6.85. The lowest BCUT2D eigenvalue weighted by Gasteiger charge is -2.15. The third kappa shape index (κ3) is 9.51. The fourth-order valence-electron chi connectivity index (χ4n) is 3.11. The van der Waals surface area contributed by atoms with Gasteiger partial charge in [-0.25, -0.2) is 13.9 Å². The van der Waals surface area contributed by atoms with Crippen LogP contribution < -0.4 is 20.9 Å². The van der Waals surface area contributed by atoms with Gasteiger partial charge in [0.15, 0.2) is 9.84 Å². The molecule has 2 aromatic carbocycles. The highest BCUT2D eigenvalue weighted by Gasteiger charge is 2.19. The number of carbonyl (C=O) groups is 1. The Kier molecular flexibility index (Phi) is 11.5. The molecule has 1 amide bonds. The maximum Gasteiger partial charge on any atom is 0.276 e. The van der Waals surface area contributed by atoms with E-state index < -0.39 is 21.6 Å². The number of carbonyl (C=O) groups excluding carboxylic acids is 1. The van der Waals surface area contributed by atoms with Crippen molar-refractivity contribution in [2.45, 2.75) is 18.2 Å². The van der Waals surface area contributed by atoms with Crippen molar-refractivity contribution in [3.05, 3.63) is 52.0 Å². The molecule has 35 heavy (non-hydrogen) atoms. The second-order valence-electron chi connectivity index (χ2n) is 7.97. The number of ether oxygens (including phenoxy) is 1. The molecule has 0 aliphatic heterocycles. The normalized spacial score (nSPS) is 11.0. The first-order chi connectivity index (χ1) is 16.6. The maximum atomic E-state index is 12.8. The van der Waals surface area contributed by atoms with E-state index in [0.29, 0.717) is 28.0 Å². The molecule has 0 radical (unpaired) electrons. The van der Waals surface area contributed by atoms with Crippen LogP contribution >= 0.6 is 15.9 Å². The van der Waals surface area contributed by atoms with Gasteiger partial charge in [-0.15, -0.1) is 0 Å². The van der Waals surface area contributed by atoms with Crippen LogP contribution in [-0.2, 0) is 9.84 Å². The number of hydrogen-bond acceptors (Lipinski definition) is 8. The molecular formula is C24H31BrN4O5S. The van der Waals surface area contributed by atoms with Gasteiger partial charge in [-0.2, -0.15) is 0 Å². The zero-order valence-corrected chi connectivity index (χ0v) is 22.4. The summed E-state index contributed by atoms with van der Waals surface area (Å²) >= 11 is 3.29. The van der Waals surface area contributed by atoms with E-state index in [-0.39, 0.29) is 17.1 Å². The highest BCUT2D eigenvalue weighted by molar-refractivity contribution is 9.10. The minimum Gasteiger partial charge on any atom is -0.481 e. The SMILES string of the molecule is Cc1cc(Br)cc(C(=O)NO)c1NCS(=O)(=O)c1ccc(OCC#CCNCCCN(C)C)cc1. The number of halogens is 1. The van der Waals surface area contributed by atoms with Gasteiger partial charge >= 0.3 is 0 Å². The Morgan fingerprint density at radius 2 is 1.89 bits per heavy atom. The number of aryl methyl sites for hydroxylation is 1. The van der Waals surface area contributed by atoms with Crippen LogP contribution in [0.15, 0.2) is 45.8 Å². The van der Waals surface area contributed by atoms with Crippen molar-refractivity contribution in [2.24, 2.45) is 0 Å². The molecule has 0 aromatic heterocycles. The van der Waals surface area contributed by atoms with Crippen molar-refractivity contribution < 1.29 is 23.2 Å². The van der Waals surface area contributed by atoms with Crippen LogP contribution in [0.25, 0.3) is 0 Å². The molecule has 2 aromatic rings. The molecule has 0 saturated heterocycles. The Morgan fingerprint density at radius 1 is 1.17 bits per heavy atom. The van der Waals surface area contributed by atoms with Gasteiger partial charge in [0.2, 0.25) is 0 Å². The molecule has 0 aliphatic carbocycles. The molecule has 0 saturated carbocycles. The molecule has 9 nitrogen and oxygen atoms in total. The minimum atomic E-state index is -3.71. The van der Waals surface area contributed by atoms with Crippen molar-refractivity contribution in [3.63, 3.8) is 0 Å². The number of amides is 1. The number of sulfone groups is 1. The lowest BCUT2D eigenvalue weighted by molar-refractivity contribution is 0.0707. The average Bonchev–Trinajstić information content (AvgIpc) is 2.81. The second-order valence-corrected chi connectivity index (χ2v) is 10.9. The number of anilines is 1. The smallest absolute Gasteiger partial charge is 0.276 e. The van der Waals surface area contributed by atoms with Crippen molar-refractivity contribution >= 4 is 37.4 Å². The molecule has 0 spiro atoms. The first-order valence-electron chi connectivity index (χ1n) is 10.9. The highest BCUT2D eigenvalue weighted by atomic mass is 79.9. The topological polar surface area (TPSA) is 120 Å². The molecule has 11 heteroatoms. The Labute approximate surface area is 215 Å². The molecule has 0 unspecified atom stereocenters. The fourth-order valence-corrected chi connectivity index (χ4v) is 4.74. The third-order valence-electron chi connectivity index (χ3n) is 4.88. The van der Waals surface area contributed by atoms with Crippen LogP contribution in [0, 0.1) is 18.8 Å². The first-order valence-corrected chi connectivity index (χ1v) is 13.3. The van der Waals surface area contributed by atoms with Crippen molar-refractivity contribution in [3.8, 4) is 17.6 Å². The minimum absolute atomic E-state index is 0.105. The van der Waals surface area contributed by atoms with Gasteiger partial charge in [0.05, 0.1) is 22.7 Å². The molecule has 2 rings (SSSR count). The Balaban J connectivity index is 1.90. The largest absolute Gasteiger partial charge is 0.481 e. The van der Waals surface area contributed by atoms with Gasteiger partial charge in [0, 0.05) is 4.47 Å². The molecule has 0 aliphatic rings. The Hall–Kier alpha value is -2.62. The standard InChI is InChI=1S/C24H31BrN4O5S/c1-18-15-19(25)16-22(24(30)28-31)23(18)27-17-35(32,33)21-9-7-20(8-10-21)34-14-5-4-11-26-12-6-13-29(2)3/h7-10,15-16,26-27,31H,6,11-14,17H2,1-3H3,(H,28,30). The Morgan fingerprint density at radius 3 is 2.54 bits per heavy atom. The van der Waals surface area contributed by atoms with Crippen LogP contribution in [0.1, 0.15) is 22.3 Å². The summed E-state index contributed by atoms with van der Waals surface area (Å²) in [4.78, 5) is 14.2. The van der Waals surface area contributed by atoms with Crippen molar-refractivity contribution in [1.29, 1.82) is 0 Å². The summed E-state index contributed by atoms with van der Waals surface area (Å²) in [5, 5.41) is 15.0. The molecule has 4 N–H and O–H groups in total. The zero-order valence-electron chi connectivity index (χ0n) is 20.0. The predicted octanol–water partition coefficient (Wildman–Crippen LogP) is 2.64. The predicted molar refractivity (Wildman–Crippen MR) is 140 cm³/mol. The lowest BCUT2D eigenvalue weighted by atomic mass is 10.1. The molecular weight excluding hydrogens is 536 g/mol. The van der Waals surface area contributed by atoms with E-state index in [2.05, 4.69) is 43.3 Å². The van der Waals surface area contributed by atoms with E-state index in [4.69, 9.17) is 9.94 Å². The number of benzene rings is 2. The number of hydroxylamine groups is 1. The molecule has 0 atom stereocenters. The van der Waals surface area contributed by atoms with Gasteiger partial charge in [0.25, 0.3) is 5.91 Å². The zero-order chi connectivity index (χ0) is 25.8. The molecule has 0 bridgehead atoms. The van der Waals surface area contributed by atoms with E-state index in [1.54, 1.807) is 30.6 Å². The molecule has 190 valence electrons. The number of rotatable bonds is 12. The van der Waals surface area contributed by atoms with Gasteiger partial charge in [-0.3, -0.25) is 10.0 Å². The monoisotopic (exact) mass is 566 g/mol. The summed E-state index contributed by atoms with van der Waals surface area (Å²) in [7, 11) is 0.369. The second kappa shape index (κ2) is 14.1. The van der Waals surface area contributed by atoms with E-state index in [1.807, 2.05) is 14.1 Å². The fraction of sp³-hybridized carbons (Fsp3) is 0.375. The van der Waals surface area contributed by atoms with Crippen molar-refractivity contribution in [2.75, 3.05) is 51.5 Å². The Bertz CT molecular complexity index is 1160. The summed E-state index contributed by atoms with van der Waals surface area (Å²) in [6, 6.07) is 9.29. The quantitative estimate of drug-likeness (QED) is 0.134. The summed E-state index contributed by atoms with van der Waals surface area (Å²) in [6.45, 7) is 4.43. The average molecular weight is 568 g/mol. The van der Waals surface area contributed by atoms with Gasteiger partial charge < -0.3 is 20.3 Å². The van der Waals surface area contributed by atoms with E-state index in [0.717, 1.165) is 19.5 Å². The van der Waals surface area contributed by atoms with Gasteiger partial charge in [0.1, 0.15) is 18.2 Å². The molecule has 0 fully saturated rings. The summed E-state index contributed by atoms with van der Waals surface area (Å²) in [5.41, 5.74) is 2.64. The first kappa shape index (κ1) is 28.6. The summed E-state index contributed by atoms with van der Waals surface area (Å²) in [5.74, 6) is 5.23. The summed E-state index contributed by atoms with van der Waals surface area (Å²) in [6.07, 6.45) is 1.05. The van der Waals surface area contributed by atoms with E-state index >= 15 is 0 Å². The molecule has 0 heterocycles. The van der Waals surface area contributed by atoms with Crippen LogP contribution in [0.2, 0.25) is 0 Å². The van der Waals surface area contributed by atoms with E-state index in [1.165, 1.54) is 18.2 Å². The van der Waals surface area contributed by atoms with Crippen LogP contribution in [0.4, 0.5) is 5.69 Å². The van der Waals surface area contributed by atoms with E-state index in [9.17, 15) is 13.2 Å². The highest BCUT2D eigenvalue weighted by Crippen LogP contribution is 2.27. The van der Waals surface area contributed by atoms with Crippen molar-refractivity contribution in [1.82, 2.24) is 15.7 Å². The van der Waals surface area contributed by atoms with Gasteiger partial charge in [-0.05, 0) is 82.5 Å². The maximum absolute atomic E-state index is 12.8. The van der Waals surface area contributed by atoms with Crippen LogP contribution in [0.5, 0.6) is 5.75 Å². The number of hydrogen-bond donors (Lipinski definition) is 4. The number of nitrogens with zero attached hydrogens (tertiary/aromatic N) is 1. The van der Waals surface area contributed by atoms with Crippen LogP contribution in [-0.4, -0.2) is 70.6 Å². The van der Waals surface area contributed by atoms with Gasteiger partial charge in [-0.1, -0.05) is 27.8 Å².